The van der Waals surface area contributed by atoms with Crippen LogP contribution in [0.25, 0.3) is 0 Å². The molecule has 0 spiro atoms. The number of rotatable bonds is 2. The van der Waals surface area contributed by atoms with Gasteiger partial charge >= 0.3 is 0 Å². The molecule has 0 atom stereocenters. The second-order valence-corrected chi connectivity index (χ2v) is 4.68. The zero-order valence-electron chi connectivity index (χ0n) is 7.87. The average Bonchev–Trinajstić information content (AvgIpc) is 2.70. The summed E-state index contributed by atoms with van der Waals surface area (Å²) in [5, 5.41) is 8.77. The first kappa shape index (κ1) is 11.3. The van der Waals surface area contributed by atoms with E-state index in [1.807, 2.05) is 0 Å². The zero-order chi connectivity index (χ0) is 11.5. The molecule has 2 N–H and O–H groups in total. The molecule has 0 aliphatic heterocycles. The van der Waals surface area contributed by atoms with Crippen molar-refractivity contribution in [1.29, 1.82) is 0 Å². The number of nitrogens with zero attached hydrogens (tertiary/aromatic N) is 2. The predicted molar refractivity (Wildman–Crippen MR) is 66.2 cm³/mol. The summed E-state index contributed by atoms with van der Waals surface area (Å²) in [6, 6.07) is 5.30. The zero-order valence-corrected chi connectivity index (χ0v) is 11.0. The van der Waals surface area contributed by atoms with Crippen LogP contribution >= 0.6 is 31.9 Å². The van der Waals surface area contributed by atoms with Gasteiger partial charge in [0.15, 0.2) is 0 Å². The summed E-state index contributed by atoms with van der Waals surface area (Å²) >= 11 is 6.63. The molecule has 0 radical (unpaired) electrons. The van der Waals surface area contributed by atoms with Gasteiger partial charge < -0.3 is 0 Å². The van der Waals surface area contributed by atoms with E-state index < -0.39 is 0 Å². The monoisotopic (exact) mass is 344 g/mol. The molecule has 0 bridgehead atoms. The minimum absolute atomic E-state index is 0.254. The lowest BCUT2D eigenvalue weighted by Gasteiger charge is -2.04. The van der Waals surface area contributed by atoms with Crippen LogP contribution < -0.4 is 5.32 Å². The number of anilines is 1. The normalized spacial score (nSPS) is 10.1. The molecule has 0 saturated carbocycles. The molecule has 0 saturated heterocycles. The Balaban J connectivity index is 2.21. The third-order valence-corrected chi connectivity index (χ3v) is 2.97. The van der Waals surface area contributed by atoms with Crippen LogP contribution in [0.4, 0.5) is 5.95 Å². The predicted octanol–water partition coefficient (Wildman–Crippen LogP) is 2.58. The topological polar surface area (TPSA) is 70.7 Å². The van der Waals surface area contributed by atoms with Gasteiger partial charge in [-0.3, -0.25) is 10.1 Å². The second-order valence-electron chi connectivity index (χ2n) is 2.91. The maximum atomic E-state index is 11.8. The molecule has 0 fully saturated rings. The van der Waals surface area contributed by atoms with Crippen molar-refractivity contribution < 1.29 is 4.79 Å². The van der Waals surface area contributed by atoms with Crippen LogP contribution in [0, 0.1) is 0 Å². The van der Waals surface area contributed by atoms with Gasteiger partial charge in [0.25, 0.3) is 5.91 Å². The van der Waals surface area contributed by atoms with Gasteiger partial charge in [-0.2, -0.15) is 10.1 Å². The number of nitrogens with one attached hydrogen (secondary N) is 2. The van der Waals surface area contributed by atoms with Crippen molar-refractivity contribution in [3.8, 4) is 0 Å². The minimum Gasteiger partial charge on any atom is -0.291 e. The quantitative estimate of drug-likeness (QED) is 0.878. The van der Waals surface area contributed by atoms with Crippen LogP contribution in [0.5, 0.6) is 0 Å². The van der Waals surface area contributed by atoms with E-state index in [1.165, 1.54) is 6.33 Å². The maximum Gasteiger partial charge on any atom is 0.259 e. The Morgan fingerprint density at radius 2 is 2.19 bits per heavy atom. The SMILES string of the molecule is O=C(Nc1ncn[nH]1)c1ccc(Br)cc1Br. The highest BCUT2D eigenvalue weighted by molar-refractivity contribution is 9.11. The second kappa shape index (κ2) is 4.75. The lowest BCUT2D eigenvalue weighted by atomic mass is 10.2. The van der Waals surface area contributed by atoms with Gasteiger partial charge in [-0.15, -0.1) is 0 Å². The number of carbonyl (C=O) groups is 1. The Labute approximate surface area is 108 Å². The van der Waals surface area contributed by atoms with E-state index in [4.69, 9.17) is 0 Å². The van der Waals surface area contributed by atoms with Gasteiger partial charge in [-0.25, -0.2) is 5.10 Å². The summed E-state index contributed by atoms with van der Waals surface area (Å²) < 4.78 is 1.61. The number of amides is 1. The first-order chi connectivity index (χ1) is 7.66. The van der Waals surface area contributed by atoms with E-state index in [1.54, 1.807) is 18.2 Å². The first-order valence-electron chi connectivity index (χ1n) is 4.28. The number of aromatic amines is 1. The van der Waals surface area contributed by atoms with Crippen molar-refractivity contribution in [2.75, 3.05) is 5.32 Å². The molecule has 2 aromatic rings. The molecular formula is C9H6Br2N4O. The van der Waals surface area contributed by atoms with Gasteiger partial charge in [0.05, 0.1) is 5.56 Å². The Morgan fingerprint density at radius 3 is 2.81 bits per heavy atom. The fourth-order valence-electron chi connectivity index (χ4n) is 1.11. The molecule has 1 aromatic heterocycles. The number of hydrogen-bond acceptors (Lipinski definition) is 3. The standard InChI is InChI=1S/C9H6Br2N4O/c10-5-1-2-6(7(11)3-5)8(16)14-9-12-4-13-15-9/h1-4H,(H2,12,13,14,15,16). The molecule has 82 valence electrons. The first-order valence-corrected chi connectivity index (χ1v) is 5.87. The van der Waals surface area contributed by atoms with E-state index in [-0.39, 0.29) is 5.91 Å². The summed E-state index contributed by atoms with van der Waals surface area (Å²) in [6.45, 7) is 0. The molecule has 0 aliphatic rings. The fraction of sp³-hybridized carbons (Fsp3) is 0. The highest BCUT2D eigenvalue weighted by Gasteiger charge is 2.11. The minimum atomic E-state index is -0.254. The van der Waals surface area contributed by atoms with Crippen LogP contribution in [0.2, 0.25) is 0 Å². The third kappa shape index (κ3) is 2.48. The van der Waals surface area contributed by atoms with Gasteiger partial charge in [0.2, 0.25) is 5.95 Å². The van der Waals surface area contributed by atoms with Crippen molar-refractivity contribution in [2.24, 2.45) is 0 Å². The largest absolute Gasteiger partial charge is 0.291 e. The molecule has 5 nitrogen and oxygen atoms in total. The van der Waals surface area contributed by atoms with Gasteiger partial charge in [0.1, 0.15) is 6.33 Å². The molecule has 1 aromatic carbocycles. The van der Waals surface area contributed by atoms with E-state index in [9.17, 15) is 4.79 Å². The molecule has 1 amide bonds. The van der Waals surface area contributed by atoms with Crippen molar-refractivity contribution in [2.45, 2.75) is 0 Å². The van der Waals surface area contributed by atoms with Crippen LogP contribution in [0.1, 0.15) is 10.4 Å². The van der Waals surface area contributed by atoms with Crippen LogP contribution in [0.15, 0.2) is 33.5 Å². The lowest BCUT2D eigenvalue weighted by Crippen LogP contribution is -2.13. The molecule has 0 unspecified atom stereocenters. The molecule has 16 heavy (non-hydrogen) atoms. The highest BCUT2D eigenvalue weighted by atomic mass is 79.9. The number of hydrogen-bond donors (Lipinski definition) is 2. The van der Waals surface area contributed by atoms with E-state index in [0.717, 1.165) is 4.47 Å². The summed E-state index contributed by atoms with van der Waals surface area (Å²) in [5.41, 5.74) is 0.527. The van der Waals surface area contributed by atoms with Gasteiger partial charge in [-0.05, 0) is 34.1 Å². The van der Waals surface area contributed by atoms with Gasteiger partial charge in [-0.1, -0.05) is 15.9 Å². The van der Waals surface area contributed by atoms with E-state index in [0.29, 0.717) is 16.0 Å². The van der Waals surface area contributed by atoms with Crippen LogP contribution in [-0.4, -0.2) is 21.1 Å². The number of benzene rings is 1. The number of aromatic nitrogens is 3. The van der Waals surface area contributed by atoms with Crippen molar-refractivity contribution >= 4 is 43.7 Å². The molecule has 7 heteroatoms. The molecule has 2 rings (SSSR count). The molecule has 0 aliphatic carbocycles. The fourth-order valence-corrected chi connectivity index (χ4v) is 2.34. The smallest absolute Gasteiger partial charge is 0.259 e. The average molecular weight is 346 g/mol. The Kier molecular flexibility index (Phi) is 3.35. The maximum absolute atomic E-state index is 11.8. The lowest BCUT2D eigenvalue weighted by molar-refractivity contribution is 0.102. The Morgan fingerprint density at radius 1 is 1.38 bits per heavy atom. The van der Waals surface area contributed by atoms with E-state index >= 15 is 0 Å². The van der Waals surface area contributed by atoms with Crippen LogP contribution in [0.3, 0.4) is 0 Å². The number of H-pyrrole nitrogens is 1. The summed E-state index contributed by atoms with van der Waals surface area (Å²) in [5.74, 6) is 0.0657. The number of halogens is 2. The Bertz CT molecular complexity index is 512. The van der Waals surface area contributed by atoms with Gasteiger partial charge in [0, 0.05) is 8.95 Å². The van der Waals surface area contributed by atoms with Crippen molar-refractivity contribution in [3.05, 3.63) is 39.0 Å². The highest BCUT2D eigenvalue weighted by Crippen LogP contribution is 2.22. The van der Waals surface area contributed by atoms with Crippen LogP contribution in [-0.2, 0) is 0 Å². The summed E-state index contributed by atoms with van der Waals surface area (Å²) in [4.78, 5) is 15.6. The Hall–Kier alpha value is -1.21. The van der Waals surface area contributed by atoms with E-state index in [2.05, 4.69) is 52.4 Å². The summed E-state index contributed by atoms with van der Waals surface area (Å²) in [6.07, 6.45) is 1.33. The summed E-state index contributed by atoms with van der Waals surface area (Å²) in [7, 11) is 0. The van der Waals surface area contributed by atoms with Crippen molar-refractivity contribution in [3.63, 3.8) is 0 Å². The third-order valence-electron chi connectivity index (χ3n) is 1.82. The molecular weight excluding hydrogens is 340 g/mol. The number of carbonyl (C=O) groups excluding carboxylic acids is 1. The van der Waals surface area contributed by atoms with Crippen molar-refractivity contribution in [1.82, 2.24) is 15.2 Å². The molecule has 1 heterocycles.